The molecule has 4 aliphatic rings. The molecule has 0 bridgehead atoms. The number of nitrogens with zero attached hydrogens (tertiary/aromatic N) is 1. The van der Waals surface area contributed by atoms with Crippen LogP contribution in [0, 0.1) is 28.6 Å². The quantitative estimate of drug-likeness (QED) is 0.193. The van der Waals surface area contributed by atoms with Gasteiger partial charge in [0.15, 0.2) is 16.6 Å². The van der Waals surface area contributed by atoms with Gasteiger partial charge in [-0.05, 0) is 113 Å². The smallest absolute Gasteiger partial charge is 0.184 e. The van der Waals surface area contributed by atoms with Gasteiger partial charge in [0.1, 0.15) is 6.61 Å². The van der Waals surface area contributed by atoms with Crippen LogP contribution >= 0.6 is 0 Å². The van der Waals surface area contributed by atoms with Crippen molar-refractivity contribution in [3.63, 3.8) is 0 Å². The average Bonchev–Trinajstić information content (AvgIpc) is 3.09. The van der Waals surface area contributed by atoms with E-state index in [0.717, 1.165) is 24.3 Å². The predicted octanol–water partition coefficient (Wildman–Crippen LogP) is 8.57. The molecule has 0 unspecified atom stereocenters. The van der Waals surface area contributed by atoms with Gasteiger partial charge < -0.3 is 13.7 Å². The summed E-state index contributed by atoms with van der Waals surface area (Å²) in [6.07, 6.45) is 11.5. The summed E-state index contributed by atoms with van der Waals surface area (Å²) in [7, 11) is -3.26. The van der Waals surface area contributed by atoms with Gasteiger partial charge in [0.25, 0.3) is 0 Å². The Morgan fingerprint density at radius 3 is 2.24 bits per heavy atom. The van der Waals surface area contributed by atoms with Gasteiger partial charge in [-0.25, -0.2) is 0 Å². The van der Waals surface area contributed by atoms with Crippen LogP contribution in [-0.2, 0) is 20.3 Å². The fourth-order valence-corrected chi connectivity index (χ4v) is 10.7. The fourth-order valence-electron chi connectivity index (χ4n) is 8.46. The van der Waals surface area contributed by atoms with Gasteiger partial charge in [0, 0.05) is 11.5 Å². The summed E-state index contributed by atoms with van der Waals surface area (Å²) in [5, 5.41) is 4.91. The Kier molecular flexibility index (Phi) is 7.69. The van der Waals surface area contributed by atoms with E-state index in [1.165, 1.54) is 37.8 Å². The number of hydrogen-bond acceptors (Lipinski definition) is 4. The Labute approximate surface area is 233 Å². The van der Waals surface area contributed by atoms with Crippen LogP contribution in [0.3, 0.4) is 0 Å². The van der Waals surface area contributed by atoms with E-state index in [-0.39, 0.29) is 11.5 Å². The van der Waals surface area contributed by atoms with Crippen molar-refractivity contribution in [2.75, 3.05) is 0 Å². The summed E-state index contributed by atoms with van der Waals surface area (Å²) in [5.41, 5.74) is 4.43. The first-order valence-corrected chi connectivity index (χ1v) is 21.9. The van der Waals surface area contributed by atoms with Gasteiger partial charge in [-0.3, -0.25) is 0 Å². The Morgan fingerprint density at radius 2 is 1.55 bits per heavy atom. The normalized spacial score (nSPS) is 38.3. The highest BCUT2D eigenvalue weighted by Gasteiger charge is 2.61. The van der Waals surface area contributed by atoms with Crippen LogP contribution in [0.15, 0.2) is 47.1 Å². The van der Waals surface area contributed by atoms with E-state index < -0.39 is 16.6 Å². The van der Waals surface area contributed by atoms with E-state index >= 15 is 0 Å². The summed E-state index contributed by atoms with van der Waals surface area (Å²) >= 11 is 0. The fraction of sp³-hybridized carbons (Fsp3) is 0.719. The summed E-state index contributed by atoms with van der Waals surface area (Å²) in [4.78, 5) is 6.06. The van der Waals surface area contributed by atoms with Gasteiger partial charge >= 0.3 is 0 Å². The van der Waals surface area contributed by atoms with Crippen molar-refractivity contribution < 1.29 is 13.7 Å². The average molecular weight is 554 g/mol. The molecule has 0 spiro atoms. The van der Waals surface area contributed by atoms with Gasteiger partial charge in [-0.1, -0.05) is 61.0 Å². The van der Waals surface area contributed by atoms with E-state index in [4.69, 9.17) is 18.8 Å². The molecule has 0 amide bonds. The van der Waals surface area contributed by atoms with Crippen LogP contribution < -0.4 is 0 Å². The summed E-state index contributed by atoms with van der Waals surface area (Å²) in [5.74, 6) is 2.06. The lowest BCUT2D eigenvalue weighted by Crippen LogP contribution is -2.51. The Balaban J connectivity index is 1.39. The molecule has 38 heavy (non-hydrogen) atoms. The minimum atomic E-state index is -1.74. The molecule has 7 atom stereocenters. The molecule has 3 saturated carbocycles. The Bertz CT molecular complexity index is 1060. The third kappa shape index (κ3) is 5.66. The second-order valence-electron chi connectivity index (χ2n) is 15.0. The van der Waals surface area contributed by atoms with Crippen molar-refractivity contribution in [2.45, 2.75) is 117 Å². The predicted molar refractivity (Wildman–Crippen MR) is 162 cm³/mol. The number of fused-ring (bicyclic) bond motifs is 5. The van der Waals surface area contributed by atoms with Gasteiger partial charge in [0.2, 0.25) is 0 Å². The Morgan fingerprint density at radius 1 is 0.868 bits per heavy atom. The maximum Gasteiger partial charge on any atom is 0.184 e. The molecule has 5 rings (SSSR count). The first kappa shape index (κ1) is 28.3. The second kappa shape index (κ2) is 10.3. The maximum atomic E-state index is 6.84. The SMILES string of the molecule is C[C@]12CC[C@H](O[Si](C)(C)C)CC1=CC[C@@H]1[C@@H]2CC[C@]2(C)/C(=N/OCc3ccccc3)[C@H](O[Si](C)(C)C)C[C@@H]12. The molecular weight excluding hydrogens is 503 g/mol. The van der Waals surface area contributed by atoms with Crippen molar-refractivity contribution in [1.29, 1.82) is 0 Å². The lowest BCUT2D eigenvalue weighted by atomic mass is 9.48. The second-order valence-corrected chi connectivity index (χ2v) is 23.9. The largest absolute Gasteiger partial charge is 0.414 e. The lowest BCUT2D eigenvalue weighted by Gasteiger charge is -2.57. The van der Waals surface area contributed by atoms with Crippen LogP contribution in [0.25, 0.3) is 0 Å². The molecule has 1 aromatic carbocycles. The van der Waals surface area contributed by atoms with Crippen molar-refractivity contribution >= 4 is 22.3 Å². The van der Waals surface area contributed by atoms with Gasteiger partial charge in [-0.2, -0.15) is 0 Å². The van der Waals surface area contributed by atoms with Crippen LogP contribution in [0.1, 0.15) is 64.4 Å². The summed E-state index contributed by atoms with van der Waals surface area (Å²) in [6, 6.07) is 10.4. The van der Waals surface area contributed by atoms with Gasteiger partial charge in [0.05, 0.1) is 11.8 Å². The van der Waals surface area contributed by atoms with Crippen molar-refractivity contribution in [1.82, 2.24) is 0 Å². The van der Waals surface area contributed by atoms with E-state index in [2.05, 4.69) is 83.5 Å². The first-order chi connectivity index (χ1) is 17.8. The van der Waals surface area contributed by atoms with Crippen LogP contribution in [-0.4, -0.2) is 34.6 Å². The van der Waals surface area contributed by atoms with E-state index in [1.54, 1.807) is 5.57 Å². The Hall–Kier alpha value is -1.22. The molecule has 1 aromatic rings. The highest BCUT2D eigenvalue weighted by molar-refractivity contribution is 6.70. The van der Waals surface area contributed by atoms with Crippen LogP contribution in [0.2, 0.25) is 39.3 Å². The number of rotatable bonds is 7. The molecule has 0 saturated heterocycles. The molecule has 0 radical (unpaired) electrons. The molecular formula is C32H51NO3Si2. The molecule has 0 aliphatic heterocycles. The number of allylic oxidation sites excluding steroid dienone is 1. The molecule has 0 aromatic heterocycles. The van der Waals surface area contributed by atoms with E-state index in [9.17, 15) is 0 Å². The van der Waals surface area contributed by atoms with E-state index in [0.29, 0.717) is 30.0 Å². The zero-order chi connectivity index (χ0) is 27.3. The molecule has 0 heterocycles. The van der Waals surface area contributed by atoms with Crippen molar-refractivity contribution in [2.24, 2.45) is 33.7 Å². The lowest BCUT2D eigenvalue weighted by molar-refractivity contribution is -0.0217. The molecule has 6 heteroatoms. The maximum absolute atomic E-state index is 6.84. The minimum Gasteiger partial charge on any atom is -0.414 e. The molecule has 3 fully saturated rings. The summed E-state index contributed by atoms with van der Waals surface area (Å²) in [6.45, 7) is 19.5. The van der Waals surface area contributed by atoms with Crippen molar-refractivity contribution in [3.05, 3.63) is 47.5 Å². The zero-order valence-electron chi connectivity index (χ0n) is 25.2. The molecule has 4 nitrogen and oxygen atoms in total. The molecule has 0 N–H and O–H groups in total. The number of hydrogen-bond donors (Lipinski definition) is 0. The zero-order valence-corrected chi connectivity index (χ0v) is 27.2. The highest BCUT2D eigenvalue weighted by atomic mass is 28.4. The van der Waals surface area contributed by atoms with E-state index in [1.807, 2.05) is 6.07 Å². The minimum absolute atomic E-state index is 0.0576. The summed E-state index contributed by atoms with van der Waals surface area (Å²) < 4.78 is 13.4. The topological polar surface area (TPSA) is 40.0 Å². The third-order valence-corrected chi connectivity index (χ3v) is 12.1. The standard InChI is InChI=1S/C32H51NO3Si2/c1-31-18-16-25(35-37(3,4)5)20-24(31)14-15-26-27(31)17-19-32(2)28(26)21-29(36-38(6,7)8)30(32)33-34-22-23-12-10-9-11-13-23/h9-14,25-29H,15-22H2,1-8H3/b33-30+/t25-,26+,27-,28-,29+,31-,32-/m0/s1. The molecule has 210 valence electrons. The van der Waals surface area contributed by atoms with Gasteiger partial charge in [-0.15, -0.1) is 0 Å². The van der Waals surface area contributed by atoms with Crippen LogP contribution in [0.5, 0.6) is 0 Å². The van der Waals surface area contributed by atoms with Crippen molar-refractivity contribution in [3.8, 4) is 0 Å². The highest BCUT2D eigenvalue weighted by Crippen LogP contribution is 2.64. The number of benzene rings is 1. The van der Waals surface area contributed by atoms with Crippen LogP contribution in [0.4, 0.5) is 0 Å². The third-order valence-electron chi connectivity index (χ3n) is 10.1. The first-order valence-electron chi connectivity index (χ1n) is 15.1. The monoisotopic (exact) mass is 553 g/mol. The molecule has 4 aliphatic carbocycles. The number of oxime groups is 1.